The Labute approximate surface area is 113 Å². The van der Waals surface area contributed by atoms with E-state index in [4.69, 9.17) is 18.9 Å². The van der Waals surface area contributed by atoms with Crippen LogP contribution >= 0.6 is 0 Å². The molecule has 0 bridgehead atoms. The first-order chi connectivity index (χ1) is 9.20. The molecular weight excluding hydrogens is 246 g/mol. The first-order valence-corrected chi connectivity index (χ1v) is 6.23. The summed E-state index contributed by atoms with van der Waals surface area (Å²) in [7, 11) is 6.85. The van der Waals surface area contributed by atoms with Crippen LogP contribution in [0, 0.1) is 0 Å². The van der Waals surface area contributed by atoms with Crippen molar-refractivity contribution in [1.29, 1.82) is 0 Å². The molecule has 1 N–H and O–H groups in total. The lowest BCUT2D eigenvalue weighted by Crippen LogP contribution is -2.53. The zero-order valence-corrected chi connectivity index (χ0v) is 11.9. The second-order valence-electron chi connectivity index (χ2n) is 4.71. The van der Waals surface area contributed by atoms with Crippen LogP contribution in [0.4, 0.5) is 0 Å². The molecular formula is C14H21NO4. The Hall–Kier alpha value is -1.46. The van der Waals surface area contributed by atoms with Crippen molar-refractivity contribution >= 4 is 0 Å². The Morgan fingerprint density at radius 3 is 2.05 bits per heavy atom. The molecule has 0 atom stereocenters. The molecule has 0 radical (unpaired) electrons. The standard InChI is InChI=1S/C14H21NO4/c1-15-7-14(8-19-9-14)10-5-12(17-3)13(18-4)6-11(10)16-2/h5-6,15H,7-9H2,1-4H3. The third kappa shape index (κ3) is 2.35. The van der Waals surface area contributed by atoms with E-state index in [1.807, 2.05) is 19.2 Å². The molecule has 1 fully saturated rings. The van der Waals surface area contributed by atoms with E-state index in [9.17, 15) is 0 Å². The first kappa shape index (κ1) is 14.0. The highest BCUT2D eigenvalue weighted by atomic mass is 16.5. The third-order valence-corrected chi connectivity index (χ3v) is 3.55. The van der Waals surface area contributed by atoms with Gasteiger partial charge in [0.15, 0.2) is 11.5 Å². The van der Waals surface area contributed by atoms with Crippen LogP contribution in [0.5, 0.6) is 17.2 Å². The maximum absolute atomic E-state index is 5.50. The van der Waals surface area contributed by atoms with Gasteiger partial charge in [0, 0.05) is 18.2 Å². The highest BCUT2D eigenvalue weighted by Gasteiger charge is 2.42. The Kier molecular flexibility index (Phi) is 4.17. The molecule has 0 spiro atoms. The minimum Gasteiger partial charge on any atom is -0.496 e. The van der Waals surface area contributed by atoms with E-state index in [1.165, 1.54) is 0 Å². The van der Waals surface area contributed by atoms with Gasteiger partial charge in [-0.2, -0.15) is 0 Å². The number of methoxy groups -OCH3 is 3. The van der Waals surface area contributed by atoms with Gasteiger partial charge in [0.05, 0.1) is 40.0 Å². The Morgan fingerprint density at radius 2 is 1.63 bits per heavy atom. The maximum atomic E-state index is 5.50. The lowest BCUT2D eigenvalue weighted by molar-refractivity contribution is -0.0592. The molecule has 0 aromatic heterocycles. The molecule has 19 heavy (non-hydrogen) atoms. The van der Waals surface area contributed by atoms with Gasteiger partial charge in [-0.05, 0) is 13.1 Å². The maximum Gasteiger partial charge on any atom is 0.164 e. The molecule has 5 heteroatoms. The molecule has 0 amide bonds. The highest BCUT2D eigenvalue weighted by molar-refractivity contribution is 5.54. The van der Waals surface area contributed by atoms with E-state index >= 15 is 0 Å². The molecule has 1 aromatic rings. The number of hydrogen-bond donors (Lipinski definition) is 1. The summed E-state index contributed by atoms with van der Waals surface area (Å²) in [4.78, 5) is 0. The number of likely N-dealkylation sites (N-methyl/N-ethyl adjacent to an activating group) is 1. The predicted molar refractivity (Wildman–Crippen MR) is 72.5 cm³/mol. The van der Waals surface area contributed by atoms with Crippen LogP contribution in [0.2, 0.25) is 0 Å². The summed E-state index contributed by atoms with van der Waals surface area (Å²) in [6.45, 7) is 2.19. The lowest BCUT2D eigenvalue weighted by Gasteiger charge is -2.42. The minimum absolute atomic E-state index is 0.0559. The Morgan fingerprint density at radius 1 is 1.05 bits per heavy atom. The first-order valence-electron chi connectivity index (χ1n) is 6.23. The molecule has 1 aromatic carbocycles. The predicted octanol–water partition coefficient (Wildman–Crippen LogP) is 1.20. The molecule has 1 aliphatic rings. The molecule has 5 nitrogen and oxygen atoms in total. The fourth-order valence-electron chi connectivity index (χ4n) is 2.48. The number of rotatable bonds is 6. The van der Waals surface area contributed by atoms with Gasteiger partial charge in [-0.1, -0.05) is 0 Å². The number of ether oxygens (including phenoxy) is 4. The van der Waals surface area contributed by atoms with Crippen LogP contribution in [0.25, 0.3) is 0 Å². The van der Waals surface area contributed by atoms with Crippen molar-refractivity contribution in [2.75, 3.05) is 48.1 Å². The van der Waals surface area contributed by atoms with Gasteiger partial charge < -0.3 is 24.3 Å². The van der Waals surface area contributed by atoms with Crippen molar-refractivity contribution in [2.24, 2.45) is 0 Å². The monoisotopic (exact) mass is 267 g/mol. The van der Waals surface area contributed by atoms with E-state index in [1.54, 1.807) is 21.3 Å². The molecule has 106 valence electrons. The molecule has 0 aliphatic carbocycles. The van der Waals surface area contributed by atoms with Gasteiger partial charge in [0.2, 0.25) is 0 Å². The summed E-state index contributed by atoms with van der Waals surface area (Å²) in [5, 5.41) is 3.22. The normalized spacial score (nSPS) is 16.6. The summed E-state index contributed by atoms with van der Waals surface area (Å²) in [5.74, 6) is 2.18. The van der Waals surface area contributed by atoms with E-state index in [2.05, 4.69) is 5.32 Å². The van der Waals surface area contributed by atoms with Crippen molar-refractivity contribution in [3.05, 3.63) is 17.7 Å². The SMILES string of the molecule is CNCC1(c2cc(OC)c(OC)cc2OC)COC1. The van der Waals surface area contributed by atoms with Crippen LogP contribution in [0.15, 0.2) is 12.1 Å². The number of benzene rings is 1. The van der Waals surface area contributed by atoms with Crippen LogP contribution in [0.1, 0.15) is 5.56 Å². The van der Waals surface area contributed by atoms with E-state index < -0.39 is 0 Å². The third-order valence-electron chi connectivity index (χ3n) is 3.55. The van der Waals surface area contributed by atoms with E-state index in [0.717, 1.165) is 17.9 Å². The smallest absolute Gasteiger partial charge is 0.164 e. The molecule has 0 unspecified atom stereocenters. The minimum atomic E-state index is -0.0559. The molecule has 1 aliphatic heterocycles. The quantitative estimate of drug-likeness (QED) is 0.839. The second-order valence-corrected chi connectivity index (χ2v) is 4.71. The van der Waals surface area contributed by atoms with Gasteiger partial charge in [-0.15, -0.1) is 0 Å². The summed E-state index contributed by atoms with van der Waals surface area (Å²) >= 11 is 0. The molecule has 0 saturated carbocycles. The van der Waals surface area contributed by atoms with Crippen LogP contribution < -0.4 is 19.5 Å². The Balaban J connectivity index is 2.48. The van der Waals surface area contributed by atoms with Gasteiger partial charge in [0.25, 0.3) is 0 Å². The van der Waals surface area contributed by atoms with Crippen molar-refractivity contribution < 1.29 is 18.9 Å². The zero-order chi connectivity index (χ0) is 13.9. The van der Waals surface area contributed by atoms with Crippen molar-refractivity contribution in [3.8, 4) is 17.2 Å². The average molecular weight is 267 g/mol. The molecule has 1 heterocycles. The molecule has 1 saturated heterocycles. The van der Waals surface area contributed by atoms with Crippen LogP contribution in [-0.2, 0) is 10.2 Å². The zero-order valence-electron chi connectivity index (χ0n) is 11.9. The largest absolute Gasteiger partial charge is 0.496 e. The topological polar surface area (TPSA) is 49.0 Å². The second kappa shape index (κ2) is 5.67. The summed E-state index contributed by atoms with van der Waals surface area (Å²) in [6.07, 6.45) is 0. The van der Waals surface area contributed by atoms with Gasteiger partial charge in [0.1, 0.15) is 5.75 Å². The number of hydrogen-bond acceptors (Lipinski definition) is 5. The molecule has 2 rings (SSSR count). The summed E-state index contributed by atoms with van der Waals surface area (Å²) < 4.78 is 21.6. The summed E-state index contributed by atoms with van der Waals surface area (Å²) in [6, 6.07) is 3.85. The lowest BCUT2D eigenvalue weighted by atomic mass is 9.77. The summed E-state index contributed by atoms with van der Waals surface area (Å²) in [5.41, 5.74) is 1.04. The van der Waals surface area contributed by atoms with Gasteiger partial charge in [-0.25, -0.2) is 0 Å². The van der Waals surface area contributed by atoms with Crippen molar-refractivity contribution in [3.63, 3.8) is 0 Å². The van der Waals surface area contributed by atoms with Gasteiger partial charge in [-0.3, -0.25) is 0 Å². The van der Waals surface area contributed by atoms with Crippen LogP contribution in [-0.4, -0.2) is 48.1 Å². The van der Waals surface area contributed by atoms with Crippen molar-refractivity contribution in [2.45, 2.75) is 5.41 Å². The van der Waals surface area contributed by atoms with Crippen LogP contribution in [0.3, 0.4) is 0 Å². The Bertz CT molecular complexity index is 443. The fourth-order valence-corrected chi connectivity index (χ4v) is 2.48. The highest BCUT2D eigenvalue weighted by Crippen LogP contribution is 2.43. The van der Waals surface area contributed by atoms with E-state index in [0.29, 0.717) is 24.7 Å². The van der Waals surface area contributed by atoms with Crippen molar-refractivity contribution in [1.82, 2.24) is 5.32 Å². The fraction of sp³-hybridized carbons (Fsp3) is 0.571. The van der Waals surface area contributed by atoms with E-state index in [-0.39, 0.29) is 5.41 Å². The average Bonchev–Trinajstić information content (AvgIpc) is 2.41. The van der Waals surface area contributed by atoms with Gasteiger partial charge >= 0.3 is 0 Å². The number of nitrogens with one attached hydrogen (secondary N) is 1.